The lowest BCUT2D eigenvalue weighted by Crippen LogP contribution is -2.28. The van der Waals surface area contributed by atoms with Gasteiger partial charge in [0.15, 0.2) is 0 Å². The first kappa shape index (κ1) is 14.4. The van der Waals surface area contributed by atoms with Crippen LogP contribution in [0, 0.1) is 0 Å². The molecule has 0 aromatic carbocycles. The van der Waals surface area contributed by atoms with Gasteiger partial charge in [0, 0.05) is 6.04 Å². The molecule has 0 aromatic heterocycles. The molecule has 0 aromatic rings. The highest BCUT2D eigenvalue weighted by Gasteiger charge is 1.99. The molecule has 76 valence electrons. The molecule has 0 bridgehead atoms. The molecule has 0 heterocycles. The topological polar surface area (TPSA) is 24.1 Å². The Morgan fingerprint density at radius 3 is 2.08 bits per heavy atom. The molecule has 0 spiro atoms. The lowest BCUT2D eigenvalue weighted by atomic mass is 10.1. The minimum Gasteiger partial charge on any atom is -0.317 e. The van der Waals surface area contributed by atoms with Crippen LogP contribution in [-0.4, -0.2) is 26.2 Å². The molecule has 0 saturated carbocycles. The molecular weight excluding hydrogens is 148 g/mol. The largest absolute Gasteiger partial charge is 0.317 e. The summed E-state index contributed by atoms with van der Waals surface area (Å²) in [5.74, 6) is 0. The van der Waals surface area contributed by atoms with Crippen LogP contribution in [0.15, 0.2) is 0 Å². The average molecular weight is 174 g/mol. The van der Waals surface area contributed by atoms with Crippen LogP contribution in [-0.2, 0) is 0 Å². The molecule has 1 atom stereocenters. The van der Waals surface area contributed by atoms with E-state index in [1.54, 1.807) is 0 Å². The van der Waals surface area contributed by atoms with Gasteiger partial charge in [-0.25, -0.2) is 0 Å². The van der Waals surface area contributed by atoms with Crippen LogP contribution in [0.1, 0.15) is 40.5 Å². The van der Waals surface area contributed by atoms with Gasteiger partial charge in [-0.1, -0.05) is 27.7 Å². The zero-order valence-electron chi connectivity index (χ0n) is 9.41. The van der Waals surface area contributed by atoms with Crippen LogP contribution in [0.2, 0.25) is 0 Å². The van der Waals surface area contributed by atoms with E-state index in [0.29, 0.717) is 6.04 Å². The van der Waals surface area contributed by atoms with Crippen LogP contribution in [0.4, 0.5) is 0 Å². The van der Waals surface area contributed by atoms with E-state index in [2.05, 4.69) is 24.5 Å². The van der Waals surface area contributed by atoms with Gasteiger partial charge in [0.05, 0.1) is 0 Å². The summed E-state index contributed by atoms with van der Waals surface area (Å²) < 4.78 is 0. The third-order valence-corrected chi connectivity index (χ3v) is 1.82. The molecule has 0 fully saturated rings. The first-order chi connectivity index (χ1) is 5.85. The van der Waals surface area contributed by atoms with Gasteiger partial charge in [0.25, 0.3) is 0 Å². The van der Waals surface area contributed by atoms with E-state index in [4.69, 9.17) is 0 Å². The first-order valence-corrected chi connectivity index (χ1v) is 5.23. The SMILES string of the molecule is CC.CCNCCC(CC)NC. The minimum absolute atomic E-state index is 0.694. The Bertz CT molecular complexity index is 60.9. The molecule has 0 radical (unpaired) electrons. The van der Waals surface area contributed by atoms with Crippen molar-refractivity contribution in [2.45, 2.75) is 46.6 Å². The Labute approximate surface area is 78.1 Å². The first-order valence-electron chi connectivity index (χ1n) is 5.23. The summed E-state index contributed by atoms with van der Waals surface area (Å²) >= 11 is 0. The van der Waals surface area contributed by atoms with Gasteiger partial charge in [-0.2, -0.15) is 0 Å². The fourth-order valence-electron chi connectivity index (χ4n) is 1.01. The lowest BCUT2D eigenvalue weighted by molar-refractivity contribution is 0.490. The van der Waals surface area contributed by atoms with E-state index < -0.39 is 0 Å². The fourth-order valence-corrected chi connectivity index (χ4v) is 1.01. The Morgan fingerprint density at radius 2 is 1.75 bits per heavy atom. The predicted molar refractivity (Wildman–Crippen MR) is 57.6 cm³/mol. The van der Waals surface area contributed by atoms with Crippen molar-refractivity contribution in [2.24, 2.45) is 0 Å². The Kier molecular flexibility index (Phi) is 16.3. The van der Waals surface area contributed by atoms with Crippen molar-refractivity contribution in [1.29, 1.82) is 0 Å². The monoisotopic (exact) mass is 174 g/mol. The van der Waals surface area contributed by atoms with Gasteiger partial charge in [-0.3, -0.25) is 0 Å². The standard InChI is InChI=1S/C8H20N2.C2H6/c1-4-8(9-3)6-7-10-5-2;1-2/h8-10H,4-7H2,1-3H3;1-2H3. The van der Waals surface area contributed by atoms with Gasteiger partial charge >= 0.3 is 0 Å². The second-order valence-electron chi connectivity index (χ2n) is 2.54. The zero-order chi connectivity index (χ0) is 9.82. The van der Waals surface area contributed by atoms with Crippen molar-refractivity contribution in [2.75, 3.05) is 20.1 Å². The predicted octanol–water partition coefficient (Wildman–Crippen LogP) is 2.01. The Hall–Kier alpha value is -0.0800. The van der Waals surface area contributed by atoms with Gasteiger partial charge < -0.3 is 10.6 Å². The molecule has 0 aliphatic carbocycles. The van der Waals surface area contributed by atoms with Gasteiger partial charge in [0.2, 0.25) is 0 Å². The third-order valence-electron chi connectivity index (χ3n) is 1.82. The molecular formula is C10H26N2. The highest BCUT2D eigenvalue weighted by molar-refractivity contribution is 4.62. The quantitative estimate of drug-likeness (QED) is 0.602. The van der Waals surface area contributed by atoms with Crippen LogP contribution in [0.25, 0.3) is 0 Å². The molecule has 2 nitrogen and oxygen atoms in total. The molecule has 0 amide bonds. The summed E-state index contributed by atoms with van der Waals surface area (Å²) in [6.45, 7) is 10.6. The number of hydrogen-bond donors (Lipinski definition) is 2. The van der Waals surface area contributed by atoms with Crippen LogP contribution in [0.3, 0.4) is 0 Å². The molecule has 2 heteroatoms. The summed E-state index contributed by atoms with van der Waals surface area (Å²) in [6, 6.07) is 0.694. The molecule has 0 saturated heterocycles. The van der Waals surface area contributed by atoms with E-state index in [1.807, 2.05) is 20.9 Å². The maximum absolute atomic E-state index is 3.31. The molecule has 0 rings (SSSR count). The maximum atomic E-state index is 3.31. The van der Waals surface area contributed by atoms with Crippen molar-refractivity contribution in [1.82, 2.24) is 10.6 Å². The maximum Gasteiger partial charge on any atom is 0.00735 e. The summed E-state index contributed by atoms with van der Waals surface area (Å²) in [4.78, 5) is 0. The fraction of sp³-hybridized carbons (Fsp3) is 1.00. The summed E-state index contributed by atoms with van der Waals surface area (Å²) in [5, 5.41) is 6.58. The summed E-state index contributed by atoms with van der Waals surface area (Å²) in [7, 11) is 2.03. The van der Waals surface area contributed by atoms with Crippen LogP contribution >= 0.6 is 0 Å². The van der Waals surface area contributed by atoms with Gasteiger partial charge in [-0.05, 0) is 33.0 Å². The zero-order valence-corrected chi connectivity index (χ0v) is 9.41. The second-order valence-corrected chi connectivity index (χ2v) is 2.54. The van der Waals surface area contributed by atoms with Crippen LogP contribution in [0.5, 0.6) is 0 Å². The highest BCUT2D eigenvalue weighted by atomic mass is 14.9. The van der Waals surface area contributed by atoms with E-state index in [9.17, 15) is 0 Å². The second kappa shape index (κ2) is 13.5. The summed E-state index contributed by atoms with van der Waals surface area (Å²) in [6.07, 6.45) is 2.46. The highest BCUT2D eigenvalue weighted by Crippen LogP contribution is 1.93. The van der Waals surface area contributed by atoms with E-state index in [-0.39, 0.29) is 0 Å². The molecule has 1 unspecified atom stereocenters. The smallest absolute Gasteiger partial charge is 0.00735 e. The number of hydrogen-bond acceptors (Lipinski definition) is 2. The Balaban J connectivity index is 0. The number of rotatable bonds is 6. The molecule has 0 aliphatic heterocycles. The van der Waals surface area contributed by atoms with Gasteiger partial charge in [0.1, 0.15) is 0 Å². The summed E-state index contributed by atoms with van der Waals surface area (Å²) in [5.41, 5.74) is 0. The molecule has 2 N–H and O–H groups in total. The lowest BCUT2D eigenvalue weighted by Gasteiger charge is -2.12. The Morgan fingerprint density at radius 1 is 1.17 bits per heavy atom. The van der Waals surface area contributed by atoms with E-state index in [1.165, 1.54) is 12.8 Å². The van der Waals surface area contributed by atoms with Crippen molar-refractivity contribution in [3.05, 3.63) is 0 Å². The van der Waals surface area contributed by atoms with Crippen molar-refractivity contribution in [3.63, 3.8) is 0 Å². The van der Waals surface area contributed by atoms with E-state index in [0.717, 1.165) is 13.1 Å². The van der Waals surface area contributed by atoms with Gasteiger partial charge in [-0.15, -0.1) is 0 Å². The minimum atomic E-state index is 0.694. The normalized spacial score (nSPS) is 11.8. The van der Waals surface area contributed by atoms with Crippen molar-refractivity contribution in [3.8, 4) is 0 Å². The molecule has 12 heavy (non-hydrogen) atoms. The van der Waals surface area contributed by atoms with E-state index >= 15 is 0 Å². The van der Waals surface area contributed by atoms with Crippen molar-refractivity contribution >= 4 is 0 Å². The number of nitrogens with one attached hydrogen (secondary N) is 2. The van der Waals surface area contributed by atoms with Crippen LogP contribution < -0.4 is 10.6 Å². The van der Waals surface area contributed by atoms with Crippen molar-refractivity contribution < 1.29 is 0 Å². The molecule has 0 aliphatic rings. The average Bonchev–Trinajstić information content (AvgIpc) is 2.16. The third kappa shape index (κ3) is 9.92.